The van der Waals surface area contributed by atoms with Crippen LogP contribution < -0.4 is 14.4 Å². The Labute approximate surface area is 127 Å². The van der Waals surface area contributed by atoms with E-state index in [1.807, 2.05) is 0 Å². The van der Waals surface area contributed by atoms with Crippen LogP contribution in [0.1, 0.15) is 10.4 Å². The summed E-state index contributed by atoms with van der Waals surface area (Å²) < 4.78 is 11.1. The average Bonchev–Trinajstić information content (AvgIpc) is 2.53. The van der Waals surface area contributed by atoms with Crippen molar-refractivity contribution in [1.82, 2.24) is 4.98 Å². The molecule has 3 rings (SSSR count). The van der Waals surface area contributed by atoms with Gasteiger partial charge >= 0.3 is 0 Å². The van der Waals surface area contributed by atoms with Crippen LogP contribution in [0.3, 0.4) is 0 Å². The zero-order valence-electron chi connectivity index (χ0n) is 11.4. The molecule has 21 heavy (non-hydrogen) atoms. The Morgan fingerprint density at radius 1 is 1.24 bits per heavy atom. The molecule has 0 radical (unpaired) electrons. The summed E-state index contributed by atoms with van der Waals surface area (Å²) in [5, 5.41) is 0.522. The lowest BCUT2D eigenvalue weighted by molar-refractivity contribution is 0.0981. The maximum Gasteiger partial charge on any atom is 0.263 e. The van der Waals surface area contributed by atoms with E-state index in [1.165, 1.54) is 11.1 Å². The molecule has 1 aromatic carbocycles. The third kappa shape index (κ3) is 2.64. The van der Waals surface area contributed by atoms with Crippen LogP contribution in [-0.4, -0.2) is 31.2 Å². The first kappa shape index (κ1) is 13.7. The topological polar surface area (TPSA) is 51.7 Å². The molecule has 1 amide bonds. The minimum atomic E-state index is -0.216. The Kier molecular flexibility index (Phi) is 3.66. The molecule has 6 heteroatoms. The number of hydrogen-bond acceptors (Lipinski definition) is 4. The van der Waals surface area contributed by atoms with E-state index in [0.29, 0.717) is 41.1 Å². The molecule has 108 valence electrons. The molecule has 0 atom stereocenters. The van der Waals surface area contributed by atoms with Gasteiger partial charge in [-0.2, -0.15) is 0 Å². The van der Waals surface area contributed by atoms with Crippen LogP contribution in [0.4, 0.5) is 5.82 Å². The summed E-state index contributed by atoms with van der Waals surface area (Å²) >= 11 is 5.81. The fraction of sp³-hybridized carbons (Fsp3) is 0.200. The minimum Gasteiger partial charge on any atom is -0.486 e. The number of carbonyl (C=O) groups is 1. The van der Waals surface area contributed by atoms with Gasteiger partial charge in [-0.15, -0.1) is 0 Å². The average molecular weight is 305 g/mol. The number of para-hydroxylation sites is 1. The van der Waals surface area contributed by atoms with Gasteiger partial charge in [0.15, 0.2) is 11.5 Å². The SMILES string of the molecule is CN(C(=O)c1cccc2c1OCCO2)c1ccc(Cl)cn1. The van der Waals surface area contributed by atoms with Gasteiger partial charge in [-0.05, 0) is 24.3 Å². The van der Waals surface area contributed by atoms with Crippen molar-refractivity contribution in [2.24, 2.45) is 0 Å². The number of halogens is 1. The monoisotopic (exact) mass is 304 g/mol. The van der Waals surface area contributed by atoms with Crippen LogP contribution >= 0.6 is 11.6 Å². The second kappa shape index (κ2) is 5.61. The van der Waals surface area contributed by atoms with Crippen LogP contribution in [0.2, 0.25) is 5.02 Å². The number of fused-ring (bicyclic) bond motifs is 1. The third-order valence-corrected chi connectivity index (χ3v) is 3.38. The highest BCUT2D eigenvalue weighted by Gasteiger charge is 2.23. The lowest BCUT2D eigenvalue weighted by atomic mass is 10.1. The van der Waals surface area contributed by atoms with Gasteiger partial charge < -0.3 is 9.47 Å². The lowest BCUT2D eigenvalue weighted by Gasteiger charge is -2.23. The minimum absolute atomic E-state index is 0.216. The fourth-order valence-corrected chi connectivity index (χ4v) is 2.21. The molecule has 0 spiro atoms. The third-order valence-electron chi connectivity index (χ3n) is 3.16. The number of carbonyl (C=O) groups excluding carboxylic acids is 1. The Hall–Kier alpha value is -2.27. The molecule has 0 bridgehead atoms. The van der Waals surface area contributed by atoms with Crippen molar-refractivity contribution in [2.75, 3.05) is 25.2 Å². The molecular formula is C15H13ClN2O3. The second-order valence-electron chi connectivity index (χ2n) is 4.53. The van der Waals surface area contributed by atoms with E-state index < -0.39 is 0 Å². The van der Waals surface area contributed by atoms with E-state index in [1.54, 1.807) is 37.4 Å². The molecule has 5 nitrogen and oxygen atoms in total. The Morgan fingerprint density at radius 3 is 2.81 bits per heavy atom. The normalized spacial score (nSPS) is 12.9. The summed E-state index contributed by atoms with van der Waals surface area (Å²) in [5.41, 5.74) is 0.450. The number of anilines is 1. The first-order valence-corrected chi connectivity index (χ1v) is 6.83. The molecular weight excluding hydrogens is 292 g/mol. The van der Waals surface area contributed by atoms with Crippen molar-refractivity contribution in [3.8, 4) is 11.5 Å². The first-order chi connectivity index (χ1) is 10.2. The van der Waals surface area contributed by atoms with E-state index in [-0.39, 0.29) is 5.91 Å². The zero-order valence-corrected chi connectivity index (χ0v) is 12.1. The Balaban J connectivity index is 1.93. The Bertz CT molecular complexity index is 673. The molecule has 1 aliphatic heterocycles. The van der Waals surface area contributed by atoms with Crippen LogP contribution in [0.5, 0.6) is 11.5 Å². The molecule has 0 saturated heterocycles. The number of benzene rings is 1. The number of pyridine rings is 1. The highest BCUT2D eigenvalue weighted by atomic mass is 35.5. The highest BCUT2D eigenvalue weighted by Crippen LogP contribution is 2.34. The van der Waals surface area contributed by atoms with E-state index in [2.05, 4.69) is 4.98 Å². The van der Waals surface area contributed by atoms with Gasteiger partial charge in [-0.3, -0.25) is 9.69 Å². The predicted octanol–water partition coefficient (Wildman–Crippen LogP) is 2.78. The van der Waals surface area contributed by atoms with Gasteiger partial charge in [0.25, 0.3) is 5.91 Å². The smallest absolute Gasteiger partial charge is 0.263 e. The largest absolute Gasteiger partial charge is 0.486 e. The van der Waals surface area contributed by atoms with Crippen molar-refractivity contribution in [3.63, 3.8) is 0 Å². The number of hydrogen-bond donors (Lipinski definition) is 0. The summed E-state index contributed by atoms with van der Waals surface area (Å²) in [7, 11) is 1.65. The zero-order chi connectivity index (χ0) is 14.8. The maximum atomic E-state index is 12.6. The summed E-state index contributed by atoms with van der Waals surface area (Å²) in [6.45, 7) is 0.916. The molecule has 2 heterocycles. The molecule has 1 aliphatic rings. The summed E-state index contributed by atoms with van der Waals surface area (Å²) in [4.78, 5) is 18.2. The van der Waals surface area contributed by atoms with Crippen LogP contribution in [-0.2, 0) is 0 Å². The van der Waals surface area contributed by atoms with E-state index >= 15 is 0 Å². The van der Waals surface area contributed by atoms with Crippen LogP contribution in [0.25, 0.3) is 0 Å². The van der Waals surface area contributed by atoms with Crippen molar-refractivity contribution in [1.29, 1.82) is 0 Å². The molecule has 0 fully saturated rings. The van der Waals surface area contributed by atoms with E-state index in [4.69, 9.17) is 21.1 Å². The van der Waals surface area contributed by atoms with Crippen LogP contribution in [0.15, 0.2) is 36.5 Å². The molecule has 2 aromatic rings. The number of ether oxygens (including phenoxy) is 2. The number of nitrogens with zero attached hydrogens (tertiary/aromatic N) is 2. The van der Waals surface area contributed by atoms with Gasteiger partial charge in [0.2, 0.25) is 0 Å². The Morgan fingerprint density at radius 2 is 2.05 bits per heavy atom. The fourth-order valence-electron chi connectivity index (χ4n) is 2.09. The van der Waals surface area contributed by atoms with Crippen molar-refractivity contribution in [2.45, 2.75) is 0 Å². The quantitative estimate of drug-likeness (QED) is 0.856. The van der Waals surface area contributed by atoms with Crippen molar-refractivity contribution >= 4 is 23.3 Å². The van der Waals surface area contributed by atoms with Gasteiger partial charge in [0.05, 0.1) is 10.6 Å². The van der Waals surface area contributed by atoms with Gasteiger partial charge in [-0.25, -0.2) is 4.98 Å². The van der Waals surface area contributed by atoms with Crippen molar-refractivity contribution < 1.29 is 14.3 Å². The van der Waals surface area contributed by atoms with E-state index in [0.717, 1.165) is 0 Å². The van der Waals surface area contributed by atoms with E-state index in [9.17, 15) is 4.79 Å². The summed E-state index contributed by atoms with van der Waals surface area (Å²) in [6.07, 6.45) is 1.50. The second-order valence-corrected chi connectivity index (χ2v) is 4.96. The number of amides is 1. The van der Waals surface area contributed by atoms with Crippen LogP contribution in [0, 0.1) is 0 Å². The number of aromatic nitrogens is 1. The molecule has 0 N–H and O–H groups in total. The molecule has 1 aromatic heterocycles. The van der Waals surface area contributed by atoms with Crippen molar-refractivity contribution in [3.05, 3.63) is 47.1 Å². The standard InChI is InChI=1S/C15H13ClN2O3/c1-18(13-6-5-10(16)9-17-13)15(19)11-3-2-4-12-14(11)21-8-7-20-12/h2-6,9H,7-8H2,1H3. The highest BCUT2D eigenvalue weighted by molar-refractivity contribution is 6.30. The maximum absolute atomic E-state index is 12.6. The molecule has 0 aliphatic carbocycles. The van der Waals surface area contributed by atoms with Gasteiger partial charge in [-0.1, -0.05) is 17.7 Å². The lowest BCUT2D eigenvalue weighted by Crippen LogP contribution is -2.28. The summed E-state index contributed by atoms with van der Waals surface area (Å²) in [5.74, 6) is 1.37. The van der Waals surface area contributed by atoms with Gasteiger partial charge in [0.1, 0.15) is 19.0 Å². The molecule has 0 unspecified atom stereocenters. The van der Waals surface area contributed by atoms with Gasteiger partial charge in [0, 0.05) is 13.2 Å². The predicted molar refractivity (Wildman–Crippen MR) is 79.4 cm³/mol. The number of rotatable bonds is 2. The summed E-state index contributed by atoms with van der Waals surface area (Å²) in [6, 6.07) is 8.64. The first-order valence-electron chi connectivity index (χ1n) is 6.45. The molecule has 0 saturated carbocycles.